The van der Waals surface area contributed by atoms with Gasteiger partial charge in [-0.15, -0.1) is 4.36 Å². The van der Waals surface area contributed by atoms with Gasteiger partial charge in [0.2, 0.25) is 5.95 Å². The Labute approximate surface area is 223 Å². The standard InChI is InChI=1S/C27H32N6O4S/c1-6-37-27(35)32-38(5,36)24-15-11-22(12-16-24)30-26-28-17-21(25(31-26)29-19(2)18-34)10-7-20-8-13-23(14-9-20)33(3)4/h8-9,11-17,19,34H,6,18H2,1-5H3,(H2,28,29,30,31)/t19-,38?/m1/s1. The number of nitrogens with zero attached hydrogens (tertiary/aromatic N) is 4. The van der Waals surface area contributed by atoms with Crippen LogP contribution in [0.1, 0.15) is 25.0 Å². The molecular weight excluding hydrogens is 504 g/mol. The molecule has 0 spiro atoms. The molecule has 10 nitrogen and oxygen atoms in total. The molecular formula is C27H32N6O4S. The third-order valence-electron chi connectivity index (χ3n) is 5.24. The van der Waals surface area contributed by atoms with E-state index in [-0.39, 0.29) is 19.3 Å². The molecule has 0 aliphatic heterocycles. The molecule has 1 amide bonds. The molecule has 0 aliphatic rings. The topological polar surface area (TPSA) is 129 Å². The van der Waals surface area contributed by atoms with Crippen molar-refractivity contribution in [2.75, 3.05) is 49.1 Å². The third-order valence-corrected chi connectivity index (χ3v) is 6.88. The Morgan fingerprint density at radius 3 is 2.45 bits per heavy atom. The first kappa shape index (κ1) is 28.4. The van der Waals surface area contributed by atoms with Gasteiger partial charge in [-0.25, -0.2) is 14.0 Å². The molecule has 3 aromatic rings. The fourth-order valence-corrected chi connectivity index (χ4v) is 4.25. The van der Waals surface area contributed by atoms with Crippen LogP contribution in [0.5, 0.6) is 0 Å². The van der Waals surface area contributed by atoms with E-state index in [1.165, 1.54) is 6.26 Å². The van der Waals surface area contributed by atoms with Crippen LogP contribution in [0.15, 0.2) is 64.0 Å². The molecule has 0 aliphatic carbocycles. The molecule has 2 aromatic carbocycles. The Kier molecular flexibility index (Phi) is 9.65. The minimum atomic E-state index is -2.95. The molecule has 0 bridgehead atoms. The molecule has 1 aromatic heterocycles. The van der Waals surface area contributed by atoms with E-state index in [2.05, 4.69) is 36.8 Å². The normalized spacial score (nSPS) is 12.8. The van der Waals surface area contributed by atoms with E-state index in [4.69, 9.17) is 4.74 Å². The van der Waals surface area contributed by atoms with Crippen LogP contribution in [-0.4, -0.2) is 65.0 Å². The Hall–Kier alpha value is -4.14. The summed E-state index contributed by atoms with van der Waals surface area (Å²) in [7, 11) is 1.01. The Morgan fingerprint density at radius 2 is 1.84 bits per heavy atom. The summed E-state index contributed by atoms with van der Waals surface area (Å²) in [5.41, 5.74) is 3.15. The number of benzene rings is 2. The maximum absolute atomic E-state index is 12.8. The number of ether oxygens (including phenoxy) is 1. The van der Waals surface area contributed by atoms with Gasteiger partial charge >= 0.3 is 6.09 Å². The smallest absolute Gasteiger partial charge is 0.442 e. The average Bonchev–Trinajstić information content (AvgIpc) is 2.88. The van der Waals surface area contributed by atoms with Crippen molar-refractivity contribution in [1.82, 2.24) is 9.97 Å². The fourth-order valence-electron chi connectivity index (χ4n) is 3.17. The van der Waals surface area contributed by atoms with Gasteiger partial charge in [0.15, 0.2) is 0 Å². The fraction of sp³-hybridized carbons (Fsp3) is 0.296. The second-order valence-electron chi connectivity index (χ2n) is 8.62. The van der Waals surface area contributed by atoms with Gasteiger partial charge in [0.05, 0.1) is 34.7 Å². The lowest BCUT2D eigenvalue weighted by Crippen LogP contribution is -2.21. The second-order valence-corrected chi connectivity index (χ2v) is 10.9. The van der Waals surface area contributed by atoms with E-state index in [1.807, 2.05) is 50.2 Å². The summed E-state index contributed by atoms with van der Waals surface area (Å²) in [4.78, 5) is 23.0. The SMILES string of the molecule is CCOC(=O)N=S(C)(=O)c1ccc(Nc2ncc(C#Cc3ccc(N(C)C)cc3)c(N[C@H](C)CO)n2)cc1. The predicted octanol–water partition coefficient (Wildman–Crippen LogP) is 4.09. The highest BCUT2D eigenvalue weighted by molar-refractivity contribution is 7.93. The number of carbonyl (C=O) groups is 1. The molecule has 1 unspecified atom stereocenters. The van der Waals surface area contributed by atoms with E-state index >= 15 is 0 Å². The predicted molar refractivity (Wildman–Crippen MR) is 150 cm³/mol. The van der Waals surface area contributed by atoms with Crippen LogP contribution in [0.25, 0.3) is 0 Å². The summed E-state index contributed by atoms with van der Waals surface area (Å²) >= 11 is 0. The first-order chi connectivity index (χ1) is 18.1. The lowest BCUT2D eigenvalue weighted by Gasteiger charge is -2.14. The van der Waals surface area contributed by atoms with Crippen LogP contribution >= 0.6 is 0 Å². The molecule has 0 saturated carbocycles. The van der Waals surface area contributed by atoms with Gasteiger partial charge in [-0.1, -0.05) is 11.8 Å². The Balaban J connectivity index is 1.83. The lowest BCUT2D eigenvalue weighted by atomic mass is 10.2. The quantitative estimate of drug-likeness (QED) is 0.365. The number of hydrogen-bond acceptors (Lipinski definition) is 9. The zero-order chi connectivity index (χ0) is 27.7. The third kappa shape index (κ3) is 7.93. The van der Waals surface area contributed by atoms with Crippen molar-refractivity contribution in [3.63, 3.8) is 0 Å². The van der Waals surface area contributed by atoms with Crippen LogP contribution < -0.4 is 15.5 Å². The molecule has 2 atom stereocenters. The van der Waals surface area contributed by atoms with Crippen molar-refractivity contribution in [2.45, 2.75) is 24.8 Å². The highest BCUT2D eigenvalue weighted by Crippen LogP contribution is 2.21. The largest absolute Gasteiger partial charge is 0.448 e. The summed E-state index contributed by atoms with van der Waals surface area (Å²) in [6.45, 7) is 3.56. The van der Waals surface area contributed by atoms with Crippen molar-refractivity contribution in [2.24, 2.45) is 4.36 Å². The van der Waals surface area contributed by atoms with Crippen molar-refractivity contribution in [3.8, 4) is 11.8 Å². The van der Waals surface area contributed by atoms with Gasteiger partial charge in [-0.2, -0.15) is 4.98 Å². The van der Waals surface area contributed by atoms with Crippen LogP contribution in [0.3, 0.4) is 0 Å². The van der Waals surface area contributed by atoms with E-state index in [1.54, 1.807) is 37.4 Å². The summed E-state index contributed by atoms with van der Waals surface area (Å²) in [6, 6.07) is 14.2. The highest BCUT2D eigenvalue weighted by Gasteiger charge is 2.12. The zero-order valence-electron chi connectivity index (χ0n) is 22.1. The minimum Gasteiger partial charge on any atom is -0.448 e. The van der Waals surface area contributed by atoms with Crippen LogP contribution in [0.2, 0.25) is 0 Å². The number of aliphatic hydroxyl groups excluding tert-OH is 1. The molecule has 1 heterocycles. The van der Waals surface area contributed by atoms with Gasteiger partial charge in [0.25, 0.3) is 0 Å². The zero-order valence-corrected chi connectivity index (χ0v) is 22.9. The van der Waals surface area contributed by atoms with Gasteiger partial charge in [-0.05, 0) is 62.4 Å². The molecule has 38 heavy (non-hydrogen) atoms. The number of hydrogen-bond donors (Lipinski definition) is 3. The number of anilines is 4. The molecule has 0 fully saturated rings. The van der Waals surface area contributed by atoms with E-state index in [0.29, 0.717) is 27.9 Å². The maximum atomic E-state index is 12.8. The van der Waals surface area contributed by atoms with Gasteiger partial charge in [-0.3, -0.25) is 0 Å². The minimum absolute atomic E-state index is 0.0831. The summed E-state index contributed by atoms with van der Waals surface area (Å²) < 4.78 is 21.2. The Bertz CT molecular complexity index is 1440. The van der Waals surface area contributed by atoms with Crippen LogP contribution in [-0.2, 0) is 14.5 Å². The number of carbonyl (C=O) groups excluding carboxylic acids is 1. The van der Waals surface area contributed by atoms with E-state index < -0.39 is 15.8 Å². The van der Waals surface area contributed by atoms with Gasteiger partial charge < -0.3 is 25.4 Å². The maximum Gasteiger partial charge on any atom is 0.442 e. The molecule has 0 saturated heterocycles. The average molecular weight is 537 g/mol. The number of amides is 1. The molecule has 200 valence electrons. The molecule has 3 N–H and O–H groups in total. The van der Waals surface area contributed by atoms with Gasteiger partial charge in [0.1, 0.15) is 5.82 Å². The summed E-state index contributed by atoms with van der Waals surface area (Å²) in [5, 5.41) is 15.8. The monoisotopic (exact) mass is 536 g/mol. The van der Waals surface area contributed by atoms with Crippen molar-refractivity contribution in [3.05, 3.63) is 65.9 Å². The summed E-state index contributed by atoms with van der Waals surface area (Å²) in [5.74, 6) is 7.02. The molecule has 11 heteroatoms. The Morgan fingerprint density at radius 1 is 1.16 bits per heavy atom. The number of nitrogens with one attached hydrogen (secondary N) is 2. The van der Waals surface area contributed by atoms with Crippen molar-refractivity contribution in [1.29, 1.82) is 0 Å². The van der Waals surface area contributed by atoms with E-state index in [9.17, 15) is 14.1 Å². The first-order valence-electron chi connectivity index (χ1n) is 11.9. The van der Waals surface area contributed by atoms with E-state index in [0.717, 1.165) is 11.3 Å². The lowest BCUT2D eigenvalue weighted by molar-refractivity contribution is 0.164. The summed E-state index contributed by atoms with van der Waals surface area (Å²) in [6.07, 6.45) is 2.13. The number of aliphatic hydroxyl groups is 1. The van der Waals surface area contributed by atoms with Crippen molar-refractivity contribution < 1.29 is 18.8 Å². The van der Waals surface area contributed by atoms with Gasteiger partial charge in [0, 0.05) is 48.2 Å². The number of aromatic nitrogens is 2. The number of rotatable bonds is 8. The molecule has 0 radical (unpaired) electrons. The highest BCUT2D eigenvalue weighted by atomic mass is 32.2. The second kappa shape index (κ2) is 12.9. The first-order valence-corrected chi connectivity index (χ1v) is 13.8. The van der Waals surface area contributed by atoms with Crippen LogP contribution in [0.4, 0.5) is 27.9 Å². The molecule has 3 rings (SSSR count). The van der Waals surface area contributed by atoms with Crippen LogP contribution in [0, 0.1) is 11.8 Å². The van der Waals surface area contributed by atoms with Crippen molar-refractivity contribution >= 4 is 39.0 Å².